The summed E-state index contributed by atoms with van der Waals surface area (Å²) in [6.07, 6.45) is 3.58. The maximum absolute atomic E-state index is 13.7. The van der Waals surface area contributed by atoms with Gasteiger partial charge in [0.25, 0.3) is 5.91 Å². The molecule has 1 atom stereocenters. The second-order valence-corrected chi connectivity index (χ2v) is 9.62. The molecule has 0 saturated carbocycles. The van der Waals surface area contributed by atoms with Crippen LogP contribution in [0.2, 0.25) is 5.02 Å². The van der Waals surface area contributed by atoms with Crippen LogP contribution in [0.4, 0.5) is 11.4 Å². The number of nitrogens with one attached hydrogen (secondary N) is 3. The summed E-state index contributed by atoms with van der Waals surface area (Å²) in [6, 6.07) is 14.2. The number of pyridine rings is 1. The molecular weight excluding hydrogens is 494 g/mol. The average molecular weight is 516 g/mol. The Morgan fingerprint density at radius 3 is 2.65 bits per heavy atom. The maximum atomic E-state index is 13.7. The predicted octanol–water partition coefficient (Wildman–Crippen LogP) is 4.59. The molecule has 2 aliphatic rings. The van der Waals surface area contributed by atoms with Gasteiger partial charge in [-0.15, -0.1) is 0 Å². The first-order chi connectivity index (χ1) is 17.8. The summed E-state index contributed by atoms with van der Waals surface area (Å²) in [5.41, 5.74) is 1.22. The molecule has 9 nitrogen and oxygen atoms in total. The molecule has 0 unspecified atom stereocenters. The number of aromatic nitrogens is 2. The topological polar surface area (TPSA) is 116 Å². The molecule has 0 aliphatic carbocycles. The molecule has 4 heterocycles. The smallest absolute Gasteiger partial charge is 0.252 e. The van der Waals surface area contributed by atoms with Crippen LogP contribution in [0.15, 0.2) is 60.9 Å². The van der Waals surface area contributed by atoms with Crippen LogP contribution in [0, 0.1) is 0 Å². The van der Waals surface area contributed by atoms with E-state index in [0.717, 1.165) is 0 Å². The van der Waals surface area contributed by atoms with Crippen LogP contribution in [0.5, 0.6) is 11.5 Å². The van der Waals surface area contributed by atoms with Gasteiger partial charge in [0.2, 0.25) is 5.91 Å². The first-order valence-electron chi connectivity index (χ1n) is 11.8. The number of hydrogen-bond donors (Lipinski definition) is 3. The van der Waals surface area contributed by atoms with E-state index in [0.29, 0.717) is 58.0 Å². The van der Waals surface area contributed by atoms with Gasteiger partial charge in [0.05, 0.1) is 40.1 Å². The molecule has 10 heteroatoms. The van der Waals surface area contributed by atoms with Crippen molar-refractivity contribution in [1.82, 2.24) is 14.9 Å². The average Bonchev–Trinajstić information content (AvgIpc) is 3.51. The standard InChI is InChI=1S/C27H22ClN5O4/c1-15(34)33-10-9-27(14-33)26(36)31-21-13-30-25-22(23(21)32-27)19(12-29-25)24(35)18-8-7-17(11-20(18)28)37-16-5-3-2-4-6-16/h2-8,11-13,32H,9-10,14H2,1H3,(H,29,30)(H,31,36)/t27-/m1/s1. The second kappa shape index (κ2) is 8.63. The third-order valence-electron chi connectivity index (χ3n) is 6.87. The van der Waals surface area contributed by atoms with Gasteiger partial charge in [0.15, 0.2) is 5.78 Å². The van der Waals surface area contributed by atoms with Crippen molar-refractivity contribution in [3.05, 3.63) is 77.1 Å². The number of aromatic amines is 1. The van der Waals surface area contributed by atoms with Crippen molar-refractivity contribution in [3.63, 3.8) is 0 Å². The lowest BCUT2D eigenvalue weighted by Gasteiger charge is -2.35. The van der Waals surface area contributed by atoms with Crippen molar-refractivity contribution < 1.29 is 19.1 Å². The van der Waals surface area contributed by atoms with E-state index in [1.165, 1.54) is 6.92 Å². The highest BCUT2D eigenvalue weighted by molar-refractivity contribution is 6.36. The van der Waals surface area contributed by atoms with E-state index in [2.05, 4.69) is 20.6 Å². The number of H-pyrrole nitrogens is 1. The number of ether oxygens (including phenoxy) is 1. The van der Waals surface area contributed by atoms with Gasteiger partial charge in [-0.25, -0.2) is 4.98 Å². The van der Waals surface area contributed by atoms with Gasteiger partial charge in [-0.1, -0.05) is 29.8 Å². The first-order valence-corrected chi connectivity index (χ1v) is 12.1. The molecule has 1 spiro atoms. The number of nitrogens with zero attached hydrogens (tertiary/aromatic N) is 2. The van der Waals surface area contributed by atoms with E-state index in [1.54, 1.807) is 35.5 Å². The summed E-state index contributed by atoms with van der Waals surface area (Å²) in [4.78, 5) is 47.7. The number of benzene rings is 2. The maximum Gasteiger partial charge on any atom is 0.252 e. The zero-order valence-electron chi connectivity index (χ0n) is 19.8. The van der Waals surface area contributed by atoms with Gasteiger partial charge >= 0.3 is 0 Å². The molecular formula is C27H22ClN5O4. The SMILES string of the molecule is CC(=O)N1CC[C@]2(C1)Nc1c(cnc3[nH]cc(C(=O)c4ccc(Oc5ccccc5)cc4Cl)c13)NC2=O. The number of halogens is 1. The van der Waals surface area contributed by atoms with Gasteiger partial charge in [-0.2, -0.15) is 0 Å². The summed E-state index contributed by atoms with van der Waals surface area (Å²) >= 11 is 6.53. The largest absolute Gasteiger partial charge is 0.457 e. The van der Waals surface area contributed by atoms with Gasteiger partial charge in [0.1, 0.15) is 22.7 Å². The molecule has 2 amide bonds. The van der Waals surface area contributed by atoms with Crippen LogP contribution in [-0.4, -0.2) is 51.1 Å². The Bertz CT molecular complexity index is 1580. The summed E-state index contributed by atoms with van der Waals surface area (Å²) in [5, 5.41) is 7.07. The molecule has 2 aromatic heterocycles. The number of carbonyl (C=O) groups is 3. The Labute approximate surface area is 216 Å². The number of para-hydroxylation sites is 1. The fourth-order valence-electron chi connectivity index (χ4n) is 4.92. The van der Waals surface area contributed by atoms with Crippen LogP contribution < -0.4 is 15.4 Å². The third-order valence-corrected chi connectivity index (χ3v) is 7.18. The first kappa shape index (κ1) is 23.1. The summed E-state index contributed by atoms with van der Waals surface area (Å²) in [6.45, 7) is 2.18. The number of fused-ring (bicyclic) bond motifs is 3. The van der Waals surface area contributed by atoms with Gasteiger partial charge in [-0.05, 0) is 30.7 Å². The van der Waals surface area contributed by atoms with E-state index in [1.807, 2.05) is 30.3 Å². The van der Waals surface area contributed by atoms with Crippen LogP contribution in [0.1, 0.15) is 29.3 Å². The van der Waals surface area contributed by atoms with Crippen LogP contribution in [0.3, 0.4) is 0 Å². The lowest BCUT2D eigenvalue weighted by atomic mass is 9.92. The van der Waals surface area contributed by atoms with E-state index in [4.69, 9.17) is 16.3 Å². The molecule has 6 rings (SSSR count). The van der Waals surface area contributed by atoms with Gasteiger partial charge in [0, 0.05) is 31.3 Å². The second-order valence-electron chi connectivity index (χ2n) is 9.21. The monoisotopic (exact) mass is 515 g/mol. The van der Waals surface area contributed by atoms with Gasteiger partial charge < -0.3 is 25.3 Å². The summed E-state index contributed by atoms with van der Waals surface area (Å²) in [7, 11) is 0. The van der Waals surface area contributed by atoms with Crippen molar-refractivity contribution >= 4 is 51.6 Å². The van der Waals surface area contributed by atoms with E-state index >= 15 is 0 Å². The fourth-order valence-corrected chi connectivity index (χ4v) is 5.17. The zero-order valence-corrected chi connectivity index (χ0v) is 20.6. The minimum absolute atomic E-state index is 0.0935. The minimum atomic E-state index is -0.987. The number of anilines is 2. The molecule has 0 radical (unpaired) electrons. The quantitative estimate of drug-likeness (QED) is 0.342. The number of ketones is 1. The number of hydrogen-bond acceptors (Lipinski definition) is 6. The van der Waals surface area contributed by atoms with Crippen molar-refractivity contribution in [1.29, 1.82) is 0 Å². The van der Waals surface area contributed by atoms with Crippen molar-refractivity contribution in [2.45, 2.75) is 18.9 Å². The van der Waals surface area contributed by atoms with E-state index < -0.39 is 5.54 Å². The van der Waals surface area contributed by atoms with Crippen molar-refractivity contribution in [2.24, 2.45) is 0 Å². The molecule has 4 aromatic rings. The van der Waals surface area contributed by atoms with Gasteiger partial charge in [-0.3, -0.25) is 14.4 Å². The minimum Gasteiger partial charge on any atom is -0.457 e. The van der Waals surface area contributed by atoms with Crippen molar-refractivity contribution in [3.8, 4) is 11.5 Å². The van der Waals surface area contributed by atoms with Crippen LogP contribution >= 0.6 is 11.6 Å². The molecule has 2 aliphatic heterocycles. The summed E-state index contributed by atoms with van der Waals surface area (Å²) in [5.74, 6) is 0.536. The highest BCUT2D eigenvalue weighted by Gasteiger charge is 2.48. The summed E-state index contributed by atoms with van der Waals surface area (Å²) < 4.78 is 5.83. The molecule has 0 bridgehead atoms. The lowest BCUT2D eigenvalue weighted by Crippen LogP contribution is -2.54. The number of rotatable bonds is 4. The molecule has 3 N–H and O–H groups in total. The highest BCUT2D eigenvalue weighted by atomic mass is 35.5. The normalized spacial score (nSPS) is 18.4. The van der Waals surface area contributed by atoms with Crippen molar-refractivity contribution in [2.75, 3.05) is 23.7 Å². The Morgan fingerprint density at radius 2 is 1.92 bits per heavy atom. The number of likely N-dealkylation sites (tertiary alicyclic amines) is 1. The van der Waals surface area contributed by atoms with E-state index in [-0.39, 0.29) is 29.2 Å². The Kier molecular flexibility index (Phi) is 5.38. The fraction of sp³-hybridized carbons (Fsp3) is 0.185. The Balaban J connectivity index is 1.36. The molecule has 1 fully saturated rings. The highest BCUT2D eigenvalue weighted by Crippen LogP contribution is 2.41. The molecule has 186 valence electrons. The van der Waals surface area contributed by atoms with Crippen LogP contribution in [-0.2, 0) is 9.59 Å². The molecule has 2 aromatic carbocycles. The molecule has 1 saturated heterocycles. The Hall–Kier alpha value is -4.37. The lowest BCUT2D eigenvalue weighted by molar-refractivity contribution is -0.128. The Morgan fingerprint density at radius 1 is 1.11 bits per heavy atom. The number of amides is 2. The van der Waals surface area contributed by atoms with Crippen LogP contribution in [0.25, 0.3) is 11.0 Å². The molecule has 37 heavy (non-hydrogen) atoms. The number of carbonyl (C=O) groups excluding carboxylic acids is 3. The predicted molar refractivity (Wildman–Crippen MR) is 139 cm³/mol. The third kappa shape index (κ3) is 3.88. The zero-order chi connectivity index (χ0) is 25.7. The van der Waals surface area contributed by atoms with E-state index in [9.17, 15) is 14.4 Å².